The zero-order valence-electron chi connectivity index (χ0n) is 13.1. The summed E-state index contributed by atoms with van der Waals surface area (Å²) in [7, 11) is 0. The van der Waals surface area contributed by atoms with Crippen LogP contribution in [0.3, 0.4) is 0 Å². The predicted molar refractivity (Wildman–Crippen MR) is 88.6 cm³/mol. The fourth-order valence-corrected chi connectivity index (χ4v) is 2.73. The second kappa shape index (κ2) is 7.38. The molecule has 1 aromatic heterocycles. The van der Waals surface area contributed by atoms with Crippen LogP contribution in [-0.2, 0) is 11.3 Å². The van der Waals surface area contributed by atoms with E-state index < -0.39 is 0 Å². The molecule has 2 aromatic rings. The summed E-state index contributed by atoms with van der Waals surface area (Å²) in [6.45, 7) is 6.60. The molecule has 0 amide bonds. The van der Waals surface area contributed by atoms with Gasteiger partial charge in [0.2, 0.25) is 0 Å². The summed E-state index contributed by atoms with van der Waals surface area (Å²) in [5.41, 5.74) is 2.44. The second-order valence-electron chi connectivity index (χ2n) is 5.81. The Morgan fingerprint density at radius 2 is 2.18 bits per heavy atom. The highest BCUT2D eigenvalue weighted by molar-refractivity contribution is 5.48. The molecule has 0 aliphatic carbocycles. The number of hydrogen-bond acceptors (Lipinski definition) is 3. The van der Waals surface area contributed by atoms with Gasteiger partial charge in [0.25, 0.3) is 0 Å². The van der Waals surface area contributed by atoms with Crippen LogP contribution >= 0.6 is 0 Å². The molecule has 1 fully saturated rings. The first-order valence-corrected chi connectivity index (χ1v) is 7.84. The molecule has 1 aromatic carbocycles. The van der Waals surface area contributed by atoms with Crippen LogP contribution in [0.4, 0.5) is 0 Å². The zero-order valence-corrected chi connectivity index (χ0v) is 13.1. The lowest BCUT2D eigenvalue weighted by Crippen LogP contribution is -2.44. The van der Waals surface area contributed by atoms with Gasteiger partial charge in [-0.15, -0.1) is 0 Å². The Hall–Kier alpha value is -1.91. The molecule has 0 spiro atoms. The van der Waals surface area contributed by atoms with Crippen molar-refractivity contribution in [3.05, 3.63) is 59.9 Å². The maximum Gasteiger partial charge on any atom is 0.0898 e. The minimum Gasteiger partial charge on any atom is -0.374 e. The third-order valence-corrected chi connectivity index (χ3v) is 3.85. The molecule has 22 heavy (non-hydrogen) atoms. The van der Waals surface area contributed by atoms with Gasteiger partial charge < -0.3 is 4.74 Å². The van der Waals surface area contributed by atoms with Gasteiger partial charge in [-0.05, 0) is 18.1 Å². The van der Waals surface area contributed by atoms with E-state index in [1.165, 1.54) is 11.1 Å². The molecule has 1 aliphatic rings. The SMILES string of the molecule is Cc1cnn(C[C@H]2CN(C/C=C\c3ccccc3)CCO2)c1. The Labute approximate surface area is 132 Å². The van der Waals surface area contributed by atoms with Gasteiger partial charge in [-0.25, -0.2) is 0 Å². The highest BCUT2D eigenvalue weighted by atomic mass is 16.5. The van der Waals surface area contributed by atoms with Crippen LogP contribution in [0, 0.1) is 6.92 Å². The quantitative estimate of drug-likeness (QED) is 0.850. The van der Waals surface area contributed by atoms with Crippen molar-refractivity contribution in [2.24, 2.45) is 0 Å². The van der Waals surface area contributed by atoms with Crippen molar-refractivity contribution in [2.45, 2.75) is 19.6 Å². The molecule has 2 heterocycles. The average molecular weight is 297 g/mol. The van der Waals surface area contributed by atoms with Gasteiger partial charge in [-0.2, -0.15) is 5.10 Å². The fraction of sp³-hybridized carbons (Fsp3) is 0.389. The summed E-state index contributed by atoms with van der Waals surface area (Å²) < 4.78 is 7.83. The predicted octanol–water partition coefficient (Wildman–Crippen LogP) is 2.61. The van der Waals surface area contributed by atoms with E-state index in [4.69, 9.17) is 4.74 Å². The molecule has 3 rings (SSSR count). The molecular weight excluding hydrogens is 274 g/mol. The summed E-state index contributed by atoms with van der Waals surface area (Å²) in [5, 5.41) is 4.34. The van der Waals surface area contributed by atoms with Crippen LogP contribution in [-0.4, -0.2) is 47.0 Å². The molecule has 0 radical (unpaired) electrons. The van der Waals surface area contributed by atoms with E-state index in [2.05, 4.69) is 59.5 Å². The number of hydrogen-bond donors (Lipinski definition) is 0. The van der Waals surface area contributed by atoms with Crippen molar-refractivity contribution in [3.8, 4) is 0 Å². The molecule has 0 N–H and O–H groups in total. The number of aromatic nitrogens is 2. The van der Waals surface area contributed by atoms with E-state index in [-0.39, 0.29) is 6.10 Å². The van der Waals surface area contributed by atoms with Crippen LogP contribution < -0.4 is 0 Å². The van der Waals surface area contributed by atoms with Gasteiger partial charge in [0.15, 0.2) is 0 Å². The van der Waals surface area contributed by atoms with E-state index in [9.17, 15) is 0 Å². The second-order valence-corrected chi connectivity index (χ2v) is 5.81. The van der Waals surface area contributed by atoms with E-state index in [1.54, 1.807) is 0 Å². The number of benzene rings is 1. The van der Waals surface area contributed by atoms with Crippen molar-refractivity contribution in [1.29, 1.82) is 0 Å². The van der Waals surface area contributed by atoms with Gasteiger partial charge in [-0.1, -0.05) is 42.5 Å². The maximum absolute atomic E-state index is 5.86. The van der Waals surface area contributed by atoms with Crippen LogP contribution in [0.2, 0.25) is 0 Å². The molecule has 0 unspecified atom stereocenters. The lowest BCUT2D eigenvalue weighted by molar-refractivity contribution is -0.0337. The van der Waals surface area contributed by atoms with E-state index in [1.807, 2.05) is 16.9 Å². The molecule has 4 nitrogen and oxygen atoms in total. The first kappa shape index (κ1) is 15.0. The van der Waals surface area contributed by atoms with Crippen molar-refractivity contribution in [2.75, 3.05) is 26.2 Å². The summed E-state index contributed by atoms with van der Waals surface area (Å²) in [6, 6.07) is 10.4. The van der Waals surface area contributed by atoms with Crippen LogP contribution in [0.25, 0.3) is 6.08 Å². The van der Waals surface area contributed by atoms with Gasteiger partial charge in [0, 0.05) is 25.8 Å². The molecule has 1 atom stereocenters. The first-order valence-electron chi connectivity index (χ1n) is 7.84. The molecular formula is C18H23N3O. The number of rotatable bonds is 5. The van der Waals surface area contributed by atoms with Crippen LogP contribution in [0.5, 0.6) is 0 Å². The lowest BCUT2D eigenvalue weighted by Gasteiger charge is -2.32. The number of aryl methyl sites for hydroxylation is 1. The van der Waals surface area contributed by atoms with Crippen molar-refractivity contribution < 1.29 is 4.74 Å². The van der Waals surface area contributed by atoms with E-state index in [0.717, 1.165) is 32.8 Å². The Morgan fingerprint density at radius 3 is 2.95 bits per heavy atom. The Balaban J connectivity index is 1.49. The Kier molecular flexibility index (Phi) is 5.03. The topological polar surface area (TPSA) is 30.3 Å². The normalized spacial score (nSPS) is 19.8. The standard InChI is InChI=1S/C18H23N3O/c1-16-12-19-21(13-16)15-18-14-20(10-11-22-18)9-5-8-17-6-3-2-4-7-17/h2-8,12-13,18H,9-11,14-15H2,1H3/b8-5-/t18-/m1/s1. The summed E-state index contributed by atoms with van der Waals surface area (Å²) in [5.74, 6) is 0. The molecule has 1 saturated heterocycles. The van der Waals surface area contributed by atoms with Crippen molar-refractivity contribution in [1.82, 2.24) is 14.7 Å². The minimum atomic E-state index is 0.221. The summed E-state index contributed by atoms with van der Waals surface area (Å²) >= 11 is 0. The highest BCUT2D eigenvalue weighted by Crippen LogP contribution is 2.09. The van der Waals surface area contributed by atoms with Gasteiger partial charge in [-0.3, -0.25) is 9.58 Å². The third-order valence-electron chi connectivity index (χ3n) is 3.85. The third kappa shape index (κ3) is 4.29. The maximum atomic E-state index is 5.86. The molecule has 116 valence electrons. The fourth-order valence-electron chi connectivity index (χ4n) is 2.73. The van der Waals surface area contributed by atoms with Crippen LogP contribution in [0.15, 0.2) is 48.8 Å². The van der Waals surface area contributed by atoms with Crippen molar-refractivity contribution >= 4 is 6.08 Å². The first-order chi connectivity index (χ1) is 10.8. The summed E-state index contributed by atoms with van der Waals surface area (Å²) in [4.78, 5) is 2.43. The smallest absolute Gasteiger partial charge is 0.0898 e. The number of ether oxygens (including phenoxy) is 1. The van der Waals surface area contributed by atoms with E-state index in [0.29, 0.717) is 0 Å². The Morgan fingerprint density at radius 1 is 1.32 bits per heavy atom. The van der Waals surface area contributed by atoms with Crippen molar-refractivity contribution in [3.63, 3.8) is 0 Å². The largest absolute Gasteiger partial charge is 0.374 e. The summed E-state index contributed by atoms with van der Waals surface area (Å²) in [6.07, 6.45) is 8.59. The minimum absolute atomic E-state index is 0.221. The molecule has 1 aliphatic heterocycles. The van der Waals surface area contributed by atoms with Crippen LogP contribution in [0.1, 0.15) is 11.1 Å². The zero-order chi connectivity index (χ0) is 15.2. The van der Waals surface area contributed by atoms with Gasteiger partial charge in [0.05, 0.1) is 25.5 Å². The lowest BCUT2D eigenvalue weighted by atomic mass is 10.2. The van der Waals surface area contributed by atoms with E-state index >= 15 is 0 Å². The molecule has 4 heteroatoms. The molecule has 0 bridgehead atoms. The average Bonchev–Trinajstić information content (AvgIpc) is 2.94. The number of morpholine rings is 1. The number of nitrogens with zero attached hydrogens (tertiary/aromatic N) is 3. The van der Waals surface area contributed by atoms with Gasteiger partial charge >= 0.3 is 0 Å². The molecule has 0 saturated carbocycles. The van der Waals surface area contributed by atoms with Gasteiger partial charge in [0.1, 0.15) is 0 Å². The highest BCUT2D eigenvalue weighted by Gasteiger charge is 2.20. The monoisotopic (exact) mass is 297 g/mol. The Bertz CT molecular complexity index is 606.